The van der Waals surface area contributed by atoms with Crippen LogP contribution in [-0.2, 0) is 4.79 Å². The minimum Gasteiger partial charge on any atom is -0.299 e. The van der Waals surface area contributed by atoms with E-state index in [2.05, 4.69) is 16.0 Å². The number of hydrogen-bond acceptors (Lipinski definition) is 5. The highest BCUT2D eigenvalue weighted by atomic mass is 35.5. The van der Waals surface area contributed by atoms with Crippen LogP contribution in [-0.4, -0.2) is 28.7 Å². The smallest absolute Gasteiger partial charge is 0.238 e. The van der Waals surface area contributed by atoms with Crippen LogP contribution in [0.1, 0.15) is 16.8 Å². The number of pyridine rings is 2. The quantitative estimate of drug-likeness (QED) is 0.794. The van der Waals surface area contributed by atoms with Crippen molar-refractivity contribution < 1.29 is 4.79 Å². The number of carbonyl (C=O) groups excluding carboxylic acids is 1. The highest BCUT2D eigenvalue weighted by Gasteiger charge is 2.17. The lowest BCUT2D eigenvalue weighted by atomic mass is 10.1. The molecular formula is C16H15ClN4OS. The SMILES string of the molecule is Cc1nc(SCC(=O)N(C)c2ccccn2)c(C#N)c(C)c1Cl. The van der Waals surface area contributed by atoms with E-state index in [0.29, 0.717) is 32.7 Å². The van der Waals surface area contributed by atoms with E-state index in [1.54, 1.807) is 39.2 Å². The van der Waals surface area contributed by atoms with Crippen LogP contribution in [0.2, 0.25) is 5.02 Å². The first-order valence-corrected chi connectivity index (χ1v) is 8.19. The van der Waals surface area contributed by atoms with Gasteiger partial charge in [0.05, 0.1) is 22.0 Å². The number of hydrogen-bond donors (Lipinski definition) is 0. The normalized spacial score (nSPS) is 10.2. The van der Waals surface area contributed by atoms with Crippen LogP contribution in [0.3, 0.4) is 0 Å². The number of anilines is 1. The molecule has 2 heterocycles. The number of nitrogens with zero attached hydrogens (tertiary/aromatic N) is 4. The van der Waals surface area contributed by atoms with E-state index >= 15 is 0 Å². The fraction of sp³-hybridized carbons (Fsp3) is 0.250. The Kier molecular flexibility index (Phi) is 5.59. The van der Waals surface area contributed by atoms with Gasteiger partial charge in [0.15, 0.2) is 0 Å². The van der Waals surface area contributed by atoms with Crippen LogP contribution in [0.4, 0.5) is 5.82 Å². The summed E-state index contributed by atoms with van der Waals surface area (Å²) in [6.45, 7) is 3.56. The maximum absolute atomic E-state index is 12.3. The number of aromatic nitrogens is 2. The Balaban J connectivity index is 2.15. The number of aryl methyl sites for hydroxylation is 1. The van der Waals surface area contributed by atoms with Gasteiger partial charge >= 0.3 is 0 Å². The molecule has 0 aliphatic carbocycles. The summed E-state index contributed by atoms with van der Waals surface area (Å²) in [4.78, 5) is 22.2. The molecule has 1 amide bonds. The first-order valence-electron chi connectivity index (χ1n) is 6.83. The van der Waals surface area contributed by atoms with Gasteiger partial charge < -0.3 is 0 Å². The monoisotopic (exact) mass is 346 g/mol. The third-order valence-electron chi connectivity index (χ3n) is 3.32. The van der Waals surface area contributed by atoms with Crippen LogP contribution in [0.15, 0.2) is 29.4 Å². The maximum atomic E-state index is 12.3. The zero-order chi connectivity index (χ0) is 17.0. The second-order valence-electron chi connectivity index (χ2n) is 4.86. The molecule has 7 heteroatoms. The molecule has 0 fully saturated rings. The first kappa shape index (κ1) is 17.3. The summed E-state index contributed by atoms with van der Waals surface area (Å²) in [6, 6.07) is 7.48. The highest BCUT2D eigenvalue weighted by Crippen LogP contribution is 2.29. The zero-order valence-corrected chi connectivity index (χ0v) is 14.6. The van der Waals surface area contributed by atoms with Crippen LogP contribution in [0.5, 0.6) is 0 Å². The Hall–Kier alpha value is -2.10. The fourth-order valence-electron chi connectivity index (χ4n) is 1.94. The average Bonchev–Trinajstić information content (AvgIpc) is 2.57. The Morgan fingerprint density at radius 1 is 1.43 bits per heavy atom. The maximum Gasteiger partial charge on any atom is 0.238 e. The number of thioether (sulfide) groups is 1. The van der Waals surface area contributed by atoms with Crippen molar-refractivity contribution in [1.82, 2.24) is 9.97 Å². The minimum absolute atomic E-state index is 0.121. The van der Waals surface area contributed by atoms with Gasteiger partial charge in [0, 0.05) is 13.2 Å². The number of carbonyl (C=O) groups is 1. The molecule has 0 bridgehead atoms. The molecule has 0 aliphatic rings. The van der Waals surface area contributed by atoms with Gasteiger partial charge in [0.25, 0.3) is 0 Å². The third kappa shape index (κ3) is 3.81. The zero-order valence-electron chi connectivity index (χ0n) is 13.0. The molecule has 5 nitrogen and oxygen atoms in total. The van der Waals surface area contributed by atoms with Gasteiger partial charge in [-0.1, -0.05) is 29.4 Å². The molecule has 23 heavy (non-hydrogen) atoms. The molecule has 0 N–H and O–H groups in total. The van der Waals surface area contributed by atoms with E-state index in [1.807, 2.05) is 6.07 Å². The Bertz CT molecular complexity index is 774. The summed E-state index contributed by atoms with van der Waals surface area (Å²) in [5.41, 5.74) is 1.75. The van der Waals surface area contributed by atoms with Crippen molar-refractivity contribution in [2.24, 2.45) is 0 Å². The number of halogens is 1. The standard InChI is InChI=1S/C16H15ClN4OS/c1-10-12(8-18)16(20-11(2)15(10)17)23-9-14(22)21(3)13-6-4-5-7-19-13/h4-7H,9H2,1-3H3. The van der Waals surface area contributed by atoms with Gasteiger partial charge in [-0.2, -0.15) is 5.26 Å². The Morgan fingerprint density at radius 3 is 2.78 bits per heavy atom. The number of nitriles is 1. The molecule has 2 aromatic heterocycles. The predicted octanol–water partition coefficient (Wildman–Crippen LogP) is 3.37. The van der Waals surface area contributed by atoms with Crippen molar-refractivity contribution >= 4 is 35.1 Å². The molecule has 0 saturated heterocycles. The molecule has 0 aromatic carbocycles. The van der Waals surface area contributed by atoms with E-state index < -0.39 is 0 Å². The van der Waals surface area contributed by atoms with E-state index in [4.69, 9.17) is 11.6 Å². The molecule has 0 radical (unpaired) electrons. The van der Waals surface area contributed by atoms with Gasteiger partial charge in [0.2, 0.25) is 5.91 Å². The topological polar surface area (TPSA) is 69.9 Å². The van der Waals surface area contributed by atoms with Gasteiger partial charge in [-0.05, 0) is 31.5 Å². The third-order valence-corrected chi connectivity index (χ3v) is 4.83. The summed E-state index contributed by atoms with van der Waals surface area (Å²) >= 11 is 7.35. The molecule has 0 unspecified atom stereocenters. The molecule has 118 valence electrons. The summed E-state index contributed by atoms with van der Waals surface area (Å²) in [6.07, 6.45) is 1.63. The molecule has 0 aliphatic heterocycles. The van der Waals surface area contributed by atoms with Crippen molar-refractivity contribution in [1.29, 1.82) is 5.26 Å². The van der Waals surface area contributed by atoms with Crippen LogP contribution >= 0.6 is 23.4 Å². The van der Waals surface area contributed by atoms with Crippen molar-refractivity contribution in [3.8, 4) is 6.07 Å². The second-order valence-corrected chi connectivity index (χ2v) is 6.20. The number of rotatable bonds is 4. The summed E-state index contributed by atoms with van der Waals surface area (Å²) in [5.74, 6) is 0.620. The van der Waals surface area contributed by atoms with Crippen molar-refractivity contribution in [2.45, 2.75) is 18.9 Å². The van der Waals surface area contributed by atoms with Crippen LogP contribution in [0, 0.1) is 25.2 Å². The molecule has 0 spiro atoms. The van der Waals surface area contributed by atoms with E-state index in [0.717, 1.165) is 0 Å². The predicted molar refractivity (Wildman–Crippen MR) is 91.8 cm³/mol. The van der Waals surface area contributed by atoms with E-state index in [1.165, 1.54) is 16.7 Å². The van der Waals surface area contributed by atoms with E-state index in [-0.39, 0.29) is 11.7 Å². The lowest BCUT2D eigenvalue weighted by Crippen LogP contribution is -2.28. The highest BCUT2D eigenvalue weighted by molar-refractivity contribution is 8.00. The average molecular weight is 347 g/mol. The lowest BCUT2D eigenvalue weighted by molar-refractivity contribution is -0.115. The first-order chi connectivity index (χ1) is 11.0. The van der Waals surface area contributed by atoms with Crippen LogP contribution in [0.25, 0.3) is 0 Å². The molecular weight excluding hydrogens is 332 g/mol. The van der Waals surface area contributed by atoms with Crippen molar-refractivity contribution in [3.63, 3.8) is 0 Å². The molecule has 2 aromatic rings. The number of amides is 1. The fourth-order valence-corrected chi connectivity index (χ4v) is 3.08. The molecule has 2 rings (SSSR count). The summed E-state index contributed by atoms with van der Waals surface area (Å²) in [7, 11) is 1.67. The molecule has 0 atom stereocenters. The van der Waals surface area contributed by atoms with Crippen LogP contribution < -0.4 is 4.90 Å². The van der Waals surface area contributed by atoms with E-state index in [9.17, 15) is 10.1 Å². The summed E-state index contributed by atoms with van der Waals surface area (Å²) in [5, 5.41) is 10.3. The lowest BCUT2D eigenvalue weighted by Gasteiger charge is -2.16. The summed E-state index contributed by atoms with van der Waals surface area (Å²) < 4.78 is 0. The van der Waals surface area contributed by atoms with Gasteiger partial charge in [-0.3, -0.25) is 9.69 Å². The van der Waals surface area contributed by atoms with Gasteiger partial charge in [-0.15, -0.1) is 0 Å². The minimum atomic E-state index is -0.121. The second kappa shape index (κ2) is 7.44. The Morgan fingerprint density at radius 2 is 2.17 bits per heavy atom. The largest absolute Gasteiger partial charge is 0.299 e. The van der Waals surface area contributed by atoms with Gasteiger partial charge in [-0.25, -0.2) is 9.97 Å². The van der Waals surface area contributed by atoms with Gasteiger partial charge in [0.1, 0.15) is 16.9 Å². The molecule has 0 saturated carbocycles. The Labute approximate surface area is 144 Å². The van der Waals surface area contributed by atoms with Crippen molar-refractivity contribution in [2.75, 3.05) is 17.7 Å². The van der Waals surface area contributed by atoms with Crippen molar-refractivity contribution in [3.05, 3.63) is 46.2 Å².